The average molecular weight is 442 g/mol. The van der Waals surface area contributed by atoms with E-state index in [0.29, 0.717) is 0 Å². The number of hydrogen-bond donors (Lipinski definition) is 0. The van der Waals surface area contributed by atoms with Gasteiger partial charge in [-0.15, -0.1) is 11.3 Å². The molecule has 1 aromatic heterocycles. The van der Waals surface area contributed by atoms with E-state index >= 15 is 0 Å². The number of aromatic nitrogens is 1. The Hall–Kier alpha value is -1.56. The summed E-state index contributed by atoms with van der Waals surface area (Å²) in [6, 6.07) is 4.32. The van der Waals surface area contributed by atoms with E-state index in [9.17, 15) is 21.6 Å². The number of anilines is 1. The largest absolute Gasteiger partial charge is 0.495 e. The van der Waals surface area contributed by atoms with Gasteiger partial charge in [0, 0.05) is 36.6 Å². The Bertz CT molecular complexity index is 926. The minimum absolute atomic E-state index is 0.0421. The van der Waals surface area contributed by atoms with Crippen LogP contribution in [0.3, 0.4) is 0 Å². The molecule has 27 heavy (non-hydrogen) atoms. The van der Waals surface area contributed by atoms with Gasteiger partial charge in [0.2, 0.25) is 10.0 Å². The number of thiazole rings is 1. The molecule has 0 bridgehead atoms. The molecular formula is C15H15ClF3N3O3S2. The van der Waals surface area contributed by atoms with Gasteiger partial charge in [0.1, 0.15) is 10.6 Å². The van der Waals surface area contributed by atoms with Crippen molar-refractivity contribution in [1.29, 1.82) is 0 Å². The van der Waals surface area contributed by atoms with Crippen LogP contribution in [-0.2, 0) is 16.2 Å². The molecule has 1 fully saturated rings. The Labute approximate surface area is 163 Å². The summed E-state index contributed by atoms with van der Waals surface area (Å²) >= 11 is 6.80. The zero-order valence-electron chi connectivity index (χ0n) is 14.0. The van der Waals surface area contributed by atoms with E-state index in [4.69, 9.17) is 16.3 Å². The summed E-state index contributed by atoms with van der Waals surface area (Å²) in [6.45, 7) is 0.678. The normalized spacial score (nSPS) is 16.6. The summed E-state index contributed by atoms with van der Waals surface area (Å²) in [4.78, 5) is 5.20. The molecule has 0 unspecified atom stereocenters. The van der Waals surface area contributed by atoms with Crippen LogP contribution >= 0.6 is 22.9 Å². The molecular weight excluding hydrogens is 427 g/mol. The molecule has 1 aliphatic heterocycles. The number of rotatable bonds is 4. The minimum atomic E-state index is -4.50. The van der Waals surface area contributed by atoms with Crippen LogP contribution in [0.2, 0.25) is 5.02 Å². The molecule has 0 atom stereocenters. The number of piperazine rings is 1. The third kappa shape index (κ3) is 4.15. The van der Waals surface area contributed by atoms with Crippen LogP contribution in [0.25, 0.3) is 0 Å². The molecule has 1 saturated heterocycles. The van der Waals surface area contributed by atoms with Crippen LogP contribution in [0.15, 0.2) is 28.5 Å². The van der Waals surface area contributed by atoms with Gasteiger partial charge in [0.05, 0.1) is 7.11 Å². The van der Waals surface area contributed by atoms with Gasteiger partial charge in [-0.05, 0) is 18.2 Å². The molecule has 1 aromatic carbocycles. The standard InChI is InChI=1S/C15H15ClF3N3O3S2/c1-25-11-3-2-10(16)8-12(11)27(23,24)22-6-4-21(5-7-22)14-20-13(9-26-14)15(17,18)19/h2-3,8-9H,4-7H2,1H3. The molecule has 6 nitrogen and oxygen atoms in total. The lowest BCUT2D eigenvalue weighted by atomic mass is 10.3. The van der Waals surface area contributed by atoms with E-state index in [1.54, 1.807) is 4.90 Å². The van der Waals surface area contributed by atoms with E-state index in [0.717, 1.165) is 16.7 Å². The summed E-state index contributed by atoms with van der Waals surface area (Å²) in [5.41, 5.74) is -0.943. The lowest BCUT2D eigenvalue weighted by Crippen LogP contribution is -2.48. The maximum Gasteiger partial charge on any atom is 0.434 e. The fraction of sp³-hybridized carbons (Fsp3) is 0.400. The van der Waals surface area contributed by atoms with Gasteiger partial charge in [-0.1, -0.05) is 11.6 Å². The number of hydrogen-bond acceptors (Lipinski definition) is 6. The predicted molar refractivity (Wildman–Crippen MR) is 96.1 cm³/mol. The number of methoxy groups -OCH3 is 1. The molecule has 0 aliphatic carbocycles. The molecule has 1 aliphatic rings. The molecule has 0 amide bonds. The number of ether oxygens (including phenoxy) is 1. The van der Waals surface area contributed by atoms with Crippen LogP contribution < -0.4 is 9.64 Å². The zero-order chi connectivity index (χ0) is 19.8. The van der Waals surface area contributed by atoms with Crippen molar-refractivity contribution in [2.24, 2.45) is 0 Å². The number of benzene rings is 1. The second-order valence-electron chi connectivity index (χ2n) is 5.70. The Kier molecular flexibility index (Phi) is 5.57. The van der Waals surface area contributed by atoms with Crippen LogP contribution in [0, 0.1) is 0 Å². The van der Waals surface area contributed by atoms with Crippen molar-refractivity contribution >= 4 is 38.1 Å². The third-order valence-corrected chi connectivity index (χ3v) is 7.09. The highest BCUT2D eigenvalue weighted by Gasteiger charge is 2.36. The lowest BCUT2D eigenvalue weighted by Gasteiger charge is -2.34. The van der Waals surface area contributed by atoms with Crippen LogP contribution in [0.1, 0.15) is 5.69 Å². The smallest absolute Gasteiger partial charge is 0.434 e. The SMILES string of the molecule is COc1ccc(Cl)cc1S(=O)(=O)N1CCN(c2nc(C(F)(F)F)cs2)CC1. The van der Waals surface area contributed by atoms with Gasteiger partial charge in [-0.3, -0.25) is 0 Å². The first-order valence-corrected chi connectivity index (χ1v) is 10.4. The van der Waals surface area contributed by atoms with Gasteiger partial charge < -0.3 is 9.64 Å². The maximum absolute atomic E-state index is 12.9. The van der Waals surface area contributed by atoms with Gasteiger partial charge in [-0.2, -0.15) is 17.5 Å². The minimum Gasteiger partial charge on any atom is -0.495 e. The van der Waals surface area contributed by atoms with Crippen molar-refractivity contribution in [3.63, 3.8) is 0 Å². The van der Waals surface area contributed by atoms with E-state index in [-0.39, 0.29) is 47.0 Å². The van der Waals surface area contributed by atoms with E-state index in [2.05, 4.69) is 4.98 Å². The summed E-state index contributed by atoms with van der Waals surface area (Å²) in [7, 11) is -2.49. The average Bonchev–Trinajstić information content (AvgIpc) is 3.12. The summed E-state index contributed by atoms with van der Waals surface area (Å²) < 4.78 is 70.3. The highest BCUT2D eigenvalue weighted by molar-refractivity contribution is 7.89. The quantitative estimate of drug-likeness (QED) is 0.728. The first kappa shape index (κ1) is 20.2. The second-order valence-corrected chi connectivity index (χ2v) is 8.88. The molecule has 148 valence electrons. The molecule has 2 aromatic rings. The van der Waals surface area contributed by atoms with Gasteiger partial charge in [-0.25, -0.2) is 13.4 Å². The topological polar surface area (TPSA) is 62.7 Å². The third-order valence-electron chi connectivity index (χ3n) is 4.04. The first-order valence-electron chi connectivity index (χ1n) is 7.74. The van der Waals surface area contributed by atoms with Crippen molar-refractivity contribution in [3.05, 3.63) is 34.3 Å². The number of alkyl halides is 3. The maximum atomic E-state index is 12.9. The van der Waals surface area contributed by atoms with E-state index in [1.807, 2.05) is 0 Å². The van der Waals surface area contributed by atoms with Crippen molar-refractivity contribution in [3.8, 4) is 5.75 Å². The summed E-state index contributed by atoms with van der Waals surface area (Å²) in [5, 5.41) is 1.44. The molecule has 0 saturated carbocycles. The van der Waals surface area contributed by atoms with Crippen LogP contribution in [0.4, 0.5) is 18.3 Å². The van der Waals surface area contributed by atoms with Gasteiger partial charge in [0.15, 0.2) is 10.8 Å². The highest BCUT2D eigenvalue weighted by Crippen LogP contribution is 2.34. The second kappa shape index (κ2) is 7.46. The fourth-order valence-electron chi connectivity index (χ4n) is 2.65. The Morgan fingerprint density at radius 1 is 1.22 bits per heavy atom. The molecule has 0 N–H and O–H groups in total. The Morgan fingerprint density at radius 3 is 2.44 bits per heavy atom. The van der Waals surface area contributed by atoms with Gasteiger partial charge >= 0.3 is 6.18 Å². The van der Waals surface area contributed by atoms with Crippen molar-refractivity contribution in [2.75, 3.05) is 38.2 Å². The number of sulfonamides is 1. The number of nitrogens with zero attached hydrogens (tertiary/aromatic N) is 3. The van der Waals surface area contributed by atoms with Crippen LogP contribution in [0.5, 0.6) is 5.75 Å². The fourth-order valence-corrected chi connectivity index (χ4v) is 5.38. The zero-order valence-corrected chi connectivity index (χ0v) is 16.4. The Morgan fingerprint density at radius 2 is 1.89 bits per heavy atom. The lowest BCUT2D eigenvalue weighted by molar-refractivity contribution is -0.140. The van der Waals surface area contributed by atoms with Gasteiger partial charge in [0.25, 0.3) is 0 Å². The van der Waals surface area contributed by atoms with Crippen molar-refractivity contribution in [2.45, 2.75) is 11.1 Å². The summed E-state index contributed by atoms with van der Waals surface area (Å²) in [6.07, 6.45) is -4.50. The molecule has 2 heterocycles. The van der Waals surface area contributed by atoms with E-state index < -0.39 is 21.9 Å². The molecule has 12 heteroatoms. The number of halogens is 4. The predicted octanol–water partition coefficient (Wildman–Crippen LogP) is 3.33. The van der Waals surface area contributed by atoms with Crippen molar-refractivity contribution in [1.82, 2.24) is 9.29 Å². The van der Waals surface area contributed by atoms with Crippen molar-refractivity contribution < 1.29 is 26.3 Å². The summed E-state index contributed by atoms with van der Waals surface area (Å²) in [5.74, 6) is 0.177. The molecule has 3 rings (SSSR count). The van der Waals surface area contributed by atoms with E-state index in [1.165, 1.54) is 29.6 Å². The highest BCUT2D eigenvalue weighted by atomic mass is 35.5. The molecule has 0 spiro atoms. The monoisotopic (exact) mass is 441 g/mol. The Balaban J connectivity index is 1.75. The van der Waals surface area contributed by atoms with Crippen LogP contribution in [-0.4, -0.2) is 51.0 Å². The molecule has 0 radical (unpaired) electrons. The first-order chi connectivity index (χ1) is 12.6.